The minimum atomic E-state index is -0.453. The van der Waals surface area contributed by atoms with E-state index in [1.54, 1.807) is 24.4 Å². The van der Waals surface area contributed by atoms with Gasteiger partial charge < -0.3 is 0 Å². The first-order valence-corrected chi connectivity index (χ1v) is 4.80. The number of nitro groups is 1. The lowest BCUT2D eigenvalue weighted by atomic mass is 10.1. The lowest BCUT2D eigenvalue weighted by Gasteiger charge is -2.01. The maximum absolute atomic E-state index is 10.6. The molecule has 0 N–H and O–H groups in total. The molecule has 0 aliphatic carbocycles. The van der Waals surface area contributed by atoms with Crippen molar-refractivity contribution in [2.45, 2.75) is 0 Å². The Kier molecular flexibility index (Phi) is 2.79. The first kappa shape index (κ1) is 10.8. The van der Waals surface area contributed by atoms with Crippen LogP contribution in [0.3, 0.4) is 0 Å². The van der Waals surface area contributed by atoms with Gasteiger partial charge in [0.05, 0.1) is 10.5 Å². The van der Waals surface area contributed by atoms with E-state index in [1.165, 1.54) is 18.3 Å². The Balaban J connectivity index is 2.49. The third-order valence-electron chi connectivity index (χ3n) is 2.26. The zero-order valence-electron chi connectivity index (χ0n) is 8.70. The molecule has 17 heavy (non-hydrogen) atoms. The predicted molar refractivity (Wildman–Crippen MR) is 61.0 cm³/mol. The van der Waals surface area contributed by atoms with Crippen LogP contribution in [0.2, 0.25) is 0 Å². The Morgan fingerprint density at radius 3 is 2.76 bits per heavy atom. The highest BCUT2D eigenvalue weighted by atomic mass is 16.6. The fourth-order valence-electron chi connectivity index (χ4n) is 1.46. The molecule has 0 saturated heterocycles. The summed E-state index contributed by atoms with van der Waals surface area (Å²) in [5.41, 5.74) is 1.80. The van der Waals surface area contributed by atoms with Gasteiger partial charge in [0.15, 0.2) is 0 Å². The van der Waals surface area contributed by atoms with E-state index in [0.717, 1.165) is 0 Å². The molecule has 0 aliphatic heterocycles. The molecule has 0 aliphatic rings. The van der Waals surface area contributed by atoms with E-state index in [-0.39, 0.29) is 5.69 Å². The number of hydrogen-bond donors (Lipinski definition) is 0. The van der Waals surface area contributed by atoms with Gasteiger partial charge in [0.2, 0.25) is 0 Å². The molecule has 0 fully saturated rings. The van der Waals surface area contributed by atoms with Crippen LogP contribution >= 0.6 is 0 Å². The first-order valence-electron chi connectivity index (χ1n) is 4.80. The van der Waals surface area contributed by atoms with Crippen molar-refractivity contribution in [2.75, 3.05) is 0 Å². The maximum atomic E-state index is 10.6. The van der Waals surface area contributed by atoms with Crippen molar-refractivity contribution in [2.24, 2.45) is 0 Å². The molecule has 2 rings (SSSR count). The second-order valence-corrected chi connectivity index (χ2v) is 3.38. The number of pyridine rings is 1. The summed E-state index contributed by atoms with van der Waals surface area (Å²) in [5.74, 6) is 0. The minimum absolute atomic E-state index is 0.0184. The topological polar surface area (TPSA) is 79.8 Å². The van der Waals surface area contributed by atoms with E-state index in [9.17, 15) is 10.1 Å². The third-order valence-corrected chi connectivity index (χ3v) is 2.26. The fraction of sp³-hybridized carbons (Fsp3) is 0. The van der Waals surface area contributed by atoms with Crippen molar-refractivity contribution in [3.63, 3.8) is 0 Å². The molecule has 0 spiro atoms. The Bertz CT molecular complexity index is 617. The average Bonchev–Trinajstić information content (AvgIpc) is 2.39. The van der Waals surface area contributed by atoms with Gasteiger partial charge in [0, 0.05) is 30.1 Å². The van der Waals surface area contributed by atoms with Crippen molar-refractivity contribution < 1.29 is 4.92 Å². The number of aromatic nitrogens is 1. The summed E-state index contributed by atoms with van der Waals surface area (Å²) in [7, 11) is 0. The number of non-ortho nitro benzene ring substituents is 1. The van der Waals surface area contributed by atoms with E-state index >= 15 is 0 Å². The summed E-state index contributed by atoms with van der Waals surface area (Å²) in [5, 5.41) is 19.4. The zero-order valence-corrected chi connectivity index (χ0v) is 8.70. The van der Waals surface area contributed by atoms with Gasteiger partial charge in [-0.2, -0.15) is 5.26 Å². The zero-order chi connectivity index (χ0) is 12.3. The van der Waals surface area contributed by atoms with Crippen LogP contribution in [-0.2, 0) is 0 Å². The van der Waals surface area contributed by atoms with Gasteiger partial charge in [-0.15, -0.1) is 0 Å². The summed E-state index contributed by atoms with van der Waals surface area (Å²) in [6, 6.07) is 9.85. The van der Waals surface area contributed by atoms with Crippen molar-refractivity contribution in [3.8, 4) is 17.2 Å². The number of nitro benzene ring substituents is 1. The van der Waals surface area contributed by atoms with Crippen LogP contribution in [0.15, 0.2) is 42.7 Å². The number of nitriles is 1. The van der Waals surface area contributed by atoms with Gasteiger partial charge in [-0.25, -0.2) is 0 Å². The normalized spacial score (nSPS) is 9.59. The lowest BCUT2D eigenvalue weighted by molar-refractivity contribution is -0.384. The molecule has 0 amide bonds. The maximum Gasteiger partial charge on any atom is 0.270 e. The van der Waals surface area contributed by atoms with Crippen LogP contribution in [0.4, 0.5) is 5.69 Å². The number of hydrogen-bond acceptors (Lipinski definition) is 4. The molecular weight excluding hydrogens is 218 g/mol. The van der Waals surface area contributed by atoms with Gasteiger partial charge in [0.25, 0.3) is 5.69 Å². The number of nitrogens with zero attached hydrogens (tertiary/aromatic N) is 3. The van der Waals surface area contributed by atoms with Crippen LogP contribution < -0.4 is 0 Å². The Morgan fingerprint density at radius 1 is 1.24 bits per heavy atom. The predicted octanol–water partition coefficient (Wildman–Crippen LogP) is 2.53. The summed E-state index contributed by atoms with van der Waals surface area (Å²) in [6.07, 6.45) is 3.01. The van der Waals surface area contributed by atoms with Gasteiger partial charge in [-0.1, -0.05) is 12.1 Å². The molecule has 1 aromatic carbocycles. The van der Waals surface area contributed by atoms with E-state index in [0.29, 0.717) is 16.7 Å². The van der Waals surface area contributed by atoms with Gasteiger partial charge in [-0.05, 0) is 11.6 Å². The highest BCUT2D eigenvalue weighted by molar-refractivity contribution is 5.66. The lowest BCUT2D eigenvalue weighted by Crippen LogP contribution is -1.89. The molecule has 5 heteroatoms. The highest BCUT2D eigenvalue weighted by Crippen LogP contribution is 2.23. The Morgan fingerprint density at radius 2 is 2.06 bits per heavy atom. The molecule has 5 nitrogen and oxygen atoms in total. The molecule has 0 atom stereocenters. The molecule has 0 unspecified atom stereocenters. The molecule has 1 heterocycles. The van der Waals surface area contributed by atoms with Crippen LogP contribution in [0.1, 0.15) is 5.56 Å². The standard InChI is InChI=1S/C12H7N3O2/c13-6-9-4-11(8-14-7-9)10-2-1-3-12(5-10)15(16)17/h1-5,7-8H. The van der Waals surface area contributed by atoms with Gasteiger partial charge in [-0.3, -0.25) is 15.1 Å². The van der Waals surface area contributed by atoms with Crippen molar-refractivity contribution in [3.05, 3.63) is 58.4 Å². The molecule has 0 radical (unpaired) electrons. The van der Waals surface area contributed by atoms with Crippen molar-refractivity contribution in [1.82, 2.24) is 4.98 Å². The summed E-state index contributed by atoms with van der Waals surface area (Å²) < 4.78 is 0. The smallest absolute Gasteiger partial charge is 0.263 e. The average molecular weight is 225 g/mol. The second-order valence-electron chi connectivity index (χ2n) is 3.38. The summed E-state index contributed by atoms with van der Waals surface area (Å²) in [6.45, 7) is 0. The molecule has 2 aromatic rings. The van der Waals surface area contributed by atoms with Crippen LogP contribution in [0.25, 0.3) is 11.1 Å². The summed E-state index contributed by atoms with van der Waals surface area (Å²) in [4.78, 5) is 14.1. The fourth-order valence-corrected chi connectivity index (χ4v) is 1.46. The highest BCUT2D eigenvalue weighted by Gasteiger charge is 2.07. The van der Waals surface area contributed by atoms with Gasteiger partial charge >= 0.3 is 0 Å². The molecule has 0 bridgehead atoms. The largest absolute Gasteiger partial charge is 0.270 e. The SMILES string of the molecule is N#Cc1cncc(-c2cccc([N+](=O)[O-])c2)c1. The van der Waals surface area contributed by atoms with Crippen molar-refractivity contribution >= 4 is 5.69 Å². The first-order chi connectivity index (χ1) is 8.20. The van der Waals surface area contributed by atoms with Crippen LogP contribution in [-0.4, -0.2) is 9.91 Å². The Hall–Kier alpha value is -2.74. The Labute approximate surface area is 97.1 Å². The number of rotatable bonds is 2. The van der Waals surface area contributed by atoms with E-state index in [4.69, 9.17) is 5.26 Å². The minimum Gasteiger partial charge on any atom is -0.263 e. The molecule has 0 saturated carbocycles. The van der Waals surface area contributed by atoms with E-state index < -0.39 is 4.92 Å². The second kappa shape index (κ2) is 4.41. The molecule has 82 valence electrons. The monoisotopic (exact) mass is 225 g/mol. The van der Waals surface area contributed by atoms with E-state index in [1.807, 2.05) is 6.07 Å². The quantitative estimate of drug-likeness (QED) is 0.581. The molecular formula is C12H7N3O2. The molecule has 1 aromatic heterocycles. The number of benzene rings is 1. The van der Waals surface area contributed by atoms with Gasteiger partial charge in [0.1, 0.15) is 6.07 Å². The third kappa shape index (κ3) is 2.26. The summed E-state index contributed by atoms with van der Waals surface area (Å²) >= 11 is 0. The van der Waals surface area contributed by atoms with Crippen LogP contribution in [0.5, 0.6) is 0 Å². The van der Waals surface area contributed by atoms with E-state index in [2.05, 4.69) is 4.98 Å². The van der Waals surface area contributed by atoms with Crippen LogP contribution in [0, 0.1) is 21.4 Å². The van der Waals surface area contributed by atoms with Crippen molar-refractivity contribution in [1.29, 1.82) is 5.26 Å².